The van der Waals surface area contributed by atoms with Gasteiger partial charge in [-0.25, -0.2) is 4.79 Å². The summed E-state index contributed by atoms with van der Waals surface area (Å²) in [5.74, 6) is -5.48. The van der Waals surface area contributed by atoms with Gasteiger partial charge in [-0.2, -0.15) is 0 Å². The summed E-state index contributed by atoms with van der Waals surface area (Å²) in [4.78, 5) is 57.4. The van der Waals surface area contributed by atoms with Crippen LogP contribution in [0.1, 0.15) is 28.7 Å². The molecular formula is C34H37Cl2IN4O8. The molecule has 0 saturated heterocycles. The molecule has 0 aromatic heterocycles. The fourth-order valence-electron chi connectivity index (χ4n) is 7.60. The van der Waals surface area contributed by atoms with Gasteiger partial charge in [0.1, 0.15) is 34.9 Å². The average Bonchev–Trinajstić information content (AvgIpc) is 3.00. The van der Waals surface area contributed by atoms with Gasteiger partial charge in [0.05, 0.1) is 11.6 Å². The third-order valence-electron chi connectivity index (χ3n) is 9.59. The number of nitrogens with one attached hydrogen (secondary N) is 1. The van der Waals surface area contributed by atoms with Gasteiger partial charge in [-0.3, -0.25) is 19.3 Å². The van der Waals surface area contributed by atoms with Gasteiger partial charge >= 0.3 is 6.09 Å². The molecule has 49 heavy (non-hydrogen) atoms. The topological polar surface area (TPSA) is 183 Å². The summed E-state index contributed by atoms with van der Waals surface area (Å²) in [6.45, 7) is -0.515. The first-order valence-corrected chi connectivity index (χ1v) is 17.2. The van der Waals surface area contributed by atoms with E-state index in [9.17, 15) is 29.7 Å². The van der Waals surface area contributed by atoms with Crippen molar-refractivity contribution in [3.8, 4) is 5.75 Å². The van der Waals surface area contributed by atoms with Crippen LogP contribution in [0.2, 0.25) is 0 Å². The number of nitrogens with two attached hydrogens (primary N) is 1. The first-order chi connectivity index (χ1) is 22.9. The first-order valence-electron chi connectivity index (χ1n) is 15.4. The van der Waals surface area contributed by atoms with Gasteiger partial charge in [0.15, 0.2) is 11.6 Å². The maximum absolute atomic E-state index is 15.1. The number of allylic oxidation sites excluding steroid dienone is 2. The van der Waals surface area contributed by atoms with E-state index in [1.807, 2.05) is 0 Å². The Morgan fingerprint density at radius 1 is 1.12 bits per heavy atom. The Hall–Kier alpha value is -3.53. The lowest BCUT2D eigenvalue weighted by molar-refractivity contribution is -0.140. The van der Waals surface area contributed by atoms with E-state index in [1.165, 1.54) is 0 Å². The number of amides is 2. The Morgan fingerprint density at radius 2 is 1.78 bits per heavy atom. The number of alkyl carbamates (subject to hydrolysis) is 1. The van der Waals surface area contributed by atoms with Crippen LogP contribution in [-0.2, 0) is 38.5 Å². The molecule has 5 rings (SSSR count). The quantitative estimate of drug-likeness (QED) is 0.139. The van der Waals surface area contributed by atoms with Crippen molar-refractivity contribution < 1.29 is 39.2 Å². The Morgan fingerprint density at radius 3 is 2.35 bits per heavy atom. The lowest BCUT2D eigenvalue weighted by Gasteiger charge is -2.53. The van der Waals surface area contributed by atoms with E-state index in [4.69, 9.17) is 33.7 Å². The number of anilines is 1. The molecule has 0 aliphatic heterocycles. The highest BCUT2D eigenvalue weighted by Gasteiger charge is 2.64. The van der Waals surface area contributed by atoms with E-state index in [1.54, 1.807) is 97.0 Å². The van der Waals surface area contributed by atoms with Crippen molar-refractivity contribution in [3.05, 3.63) is 75.6 Å². The van der Waals surface area contributed by atoms with E-state index in [0.29, 0.717) is 16.8 Å². The maximum Gasteiger partial charge on any atom is 0.407 e. The van der Waals surface area contributed by atoms with E-state index in [2.05, 4.69) is 5.32 Å². The van der Waals surface area contributed by atoms with Gasteiger partial charge in [0, 0.05) is 43.4 Å². The zero-order valence-corrected chi connectivity index (χ0v) is 30.9. The molecular weight excluding hydrogens is 790 g/mol. The monoisotopic (exact) mass is 826 g/mol. The number of ketones is 2. The number of nitrogens with zero attached hydrogens (tertiary/aromatic N) is 2. The highest BCUT2D eigenvalue weighted by Crippen LogP contribution is 2.58. The van der Waals surface area contributed by atoms with Gasteiger partial charge in [-0.15, -0.1) is 0 Å². The highest BCUT2D eigenvalue weighted by atomic mass is 127. The molecule has 0 bridgehead atoms. The first kappa shape index (κ1) is 36.7. The van der Waals surface area contributed by atoms with Gasteiger partial charge in [0.2, 0.25) is 2.34 Å². The van der Waals surface area contributed by atoms with Crippen LogP contribution in [0.3, 0.4) is 0 Å². The minimum Gasteiger partial charge on any atom is -0.510 e. The number of halogens is 3. The molecule has 3 aliphatic rings. The third kappa shape index (κ3) is 6.57. The second-order valence-electron chi connectivity index (χ2n) is 13.0. The molecule has 0 heterocycles. The summed E-state index contributed by atoms with van der Waals surface area (Å²) < 4.78 is 3.70. The number of ether oxygens (including phenoxy) is 1. The number of phenolic OH excluding ortho intramolecular Hbond substituents is 1. The smallest absolute Gasteiger partial charge is 0.407 e. The summed E-state index contributed by atoms with van der Waals surface area (Å²) in [7, 11) is 6.89. The number of likely N-dealkylation sites (N-methyl/N-ethyl adjacent to an activating group) is 1. The number of carbonyl (C=O) groups excluding carboxylic acids is 4. The molecule has 1 fully saturated rings. The summed E-state index contributed by atoms with van der Waals surface area (Å²) in [5, 5.41) is 38.0. The minimum atomic E-state index is -1.84. The predicted octanol–water partition coefficient (Wildman–Crippen LogP) is 4.32. The lowest BCUT2D eigenvalue weighted by Crippen LogP contribution is -2.62. The number of aliphatic hydroxyl groups excluding tert-OH is 2. The van der Waals surface area contributed by atoms with Crippen molar-refractivity contribution in [3.63, 3.8) is 0 Å². The molecule has 15 heteroatoms. The molecule has 0 spiro atoms. The number of benzene rings is 2. The highest BCUT2D eigenvalue weighted by molar-refractivity contribution is 14.1. The number of rotatable bonds is 9. The van der Waals surface area contributed by atoms with Gasteiger partial charge in [0.25, 0.3) is 5.91 Å². The van der Waals surface area contributed by atoms with Crippen LogP contribution < -0.4 is 16.0 Å². The van der Waals surface area contributed by atoms with Crippen molar-refractivity contribution in [1.82, 2.24) is 10.2 Å². The largest absolute Gasteiger partial charge is 0.510 e. The number of hydrogen-bond donors (Lipinski definition) is 5. The number of carbonyl (C=O) groups is 4. The van der Waals surface area contributed by atoms with Crippen molar-refractivity contribution >= 4 is 80.8 Å². The second-order valence-corrected chi connectivity index (χ2v) is 17.6. The summed E-state index contributed by atoms with van der Waals surface area (Å²) in [5.41, 5.74) is 5.20. The number of alkyl halides is 3. The Labute approximate surface area is 307 Å². The number of aromatic hydroxyl groups is 1. The Bertz CT molecular complexity index is 1790. The normalized spacial score (nSPS) is 23.6. The number of primary amides is 1. The zero-order chi connectivity index (χ0) is 36.2. The van der Waals surface area contributed by atoms with Crippen LogP contribution in [0.25, 0.3) is 5.76 Å². The molecule has 12 nitrogen and oxygen atoms in total. The SMILES string of the molecule is CN(C)c1cc(CNC(=O)OCC(Cl)(Cl)I)c(O)c2c1C[C@H]1C[C@H]3[C@H](N(C)C)C(=O)C(C(N)=O)=C(O)[C@@]3(Cc3ccccc3)C(=O)C1=C2O. The molecule has 3 aliphatic carbocycles. The van der Waals surface area contributed by atoms with Gasteiger partial charge in [-0.1, -0.05) is 53.5 Å². The second kappa shape index (κ2) is 13.6. The van der Waals surface area contributed by atoms with E-state index >= 15 is 4.79 Å². The number of hydrogen-bond acceptors (Lipinski definition) is 10. The van der Waals surface area contributed by atoms with Gasteiger partial charge < -0.3 is 36.0 Å². The molecule has 6 N–H and O–H groups in total. The van der Waals surface area contributed by atoms with Crippen molar-refractivity contribution in [2.75, 3.05) is 39.7 Å². The van der Waals surface area contributed by atoms with Crippen LogP contribution in [-0.4, -0.2) is 87.0 Å². The Kier molecular flexibility index (Phi) is 10.2. The molecule has 262 valence electrons. The van der Waals surface area contributed by atoms with Crippen LogP contribution in [0.15, 0.2) is 53.3 Å². The fraction of sp³-hybridized carbons (Fsp3) is 0.412. The van der Waals surface area contributed by atoms with E-state index < -0.39 is 66.3 Å². The molecule has 1 saturated carbocycles. The number of phenols is 1. The third-order valence-corrected chi connectivity index (χ3v) is 10.1. The molecule has 2 aromatic carbocycles. The average molecular weight is 827 g/mol. The van der Waals surface area contributed by atoms with Crippen LogP contribution >= 0.6 is 45.8 Å². The van der Waals surface area contributed by atoms with Crippen LogP contribution in [0, 0.1) is 17.3 Å². The maximum atomic E-state index is 15.1. The van der Waals surface area contributed by atoms with Gasteiger partial charge in [-0.05, 0) is 79.1 Å². The van der Waals surface area contributed by atoms with Crippen molar-refractivity contribution in [2.24, 2.45) is 23.0 Å². The summed E-state index contributed by atoms with van der Waals surface area (Å²) in [6.07, 6.45) is -0.540. The molecule has 2 aromatic rings. The van der Waals surface area contributed by atoms with Crippen LogP contribution in [0.4, 0.5) is 10.5 Å². The van der Waals surface area contributed by atoms with Crippen molar-refractivity contribution in [1.29, 1.82) is 0 Å². The summed E-state index contributed by atoms with van der Waals surface area (Å²) in [6, 6.07) is 9.57. The minimum absolute atomic E-state index is 0.00622. The molecule has 4 atom stereocenters. The van der Waals surface area contributed by atoms with E-state index in [-0.39, 0.29) is 54.9 Å². The standard InChI is InChI=1S/C34H37Cl2IN4O8/c1-40(2)21-12-18(14-39-32(48)49-15-34(35,36)37)26(42)23-19(21)10-17-11-20-25(41(3)4)28(44)24(31(38)47)30(46)33(20,29(45)22(17)27(23)43)13-16-8-6-5-7-9-16/h5-9,12,17,20,25,42-43,46H,10-11,13-15H2,1-4H3,(H2,38,47)(H,39,48)/t17-,20-,25-,33+/m0/s1. The lowest BCUT2D eigenvalue weighted by atomic mass is 9.50. The molecule has 2 amide bonds. The number of Topliss-reactive ketones (excluding diaryl/α,β-unsaturated/α-hetero) is 2. The predicted molar refractivity (Wildman–Crippen MR) is 193 cm³/mol. The molecule has 0 unspecified atom stereocenters. The van der Waals surface area contributed by atoms with Crippen LogP contribution in [0.5, 0.6) is 5.75 Å². The number of aliphatic hydroxyl groups is 2. The zero-order valence-electron chi connectivity index (χ0n) is 27.2. The molecule has 0 radical (unpaired) electrons. The van der Waals surface area contributed by atoms with Crippen molar-refractivity contribution in [2.45, 2.75) is 34.2 Å². The Balaban J connectivity index is 1.69. The summed E-state index contributed by atoms with van der Waals surface area (Å²) >= 11 is 13.5. The fourth-order valence-corrected chi connectivity index (χ4v) is 7.86. The van der Waals surface area contributed by atoms with E-state index in [0.717, 1.165) is 0 Å². The number of fused-ring (bicyclic) bond motifs is 3.